The van der Waals surface area contributed by atoms with Gasteiger partial charge in [-0.1, -0.05) is 0 Å². The Morgan fingerprint density at radius 1 is 1.19 bits per heavy atom. The molecule has 2 N–H and O–H groups in total. The third kappa shape index (κ3) is 3.01. The maximum atomic E-state index is 12.7. The number of hydrogen-bond donors (Lipinski definition) is 2. The molecule has 31 heavy (non-hydrogen) atoms. The molecule has 1 amide bonds. The lowest BCUT2D eigenvalue weighted by Crippen LogP contribution is -2.57. The number of rotatable bonds is 2. The molecule has 1 atom stereocenters. The maximum Gasteiger partial charge on any atom is 0.263 e. The Kier molecular flexibility index (Phi) is 4.24. The van der Waals surface area contributed by atoms with Crippen molar-refractivity contribution in [3.8, 4) is 0 Å². The number of pyridine rings is 1. The van der Waals surface area contributed by atoms with Gasteiger partial charge >= 0.3 is 0 Å². The Labute approximate surface area is 186 Å². The van der Waals surface area contributed by atoms with Crippen molar-refractivity contribution in [3.05, 3.63) is 29.1 Å². The highest BCUT2D eigenvalue weighted by atomic mass is 32.1. The van der Waals surface area contributed by atoms with Gasteiger partial charge in [0, 0.05) is 59.3 Å². The van der Waals surface area contributed by atoms with E-state index in [1.807, 2.05) is 6.92 Å². The van der Waals surface area contributed by atoms with E-state index in [2.05, 4.69) is 58.5 Å². The number of amides is 1. The van der Waals surface area contributed by atoms with Crippen LogP contribution in [0.5, 0.6) is 0 Å². The van der Waals surface area contributed by atoms with Gasteiger partial charge in [-0.05, 0) is 57.9 Å². The number of anilines is 2. The quantitative estimate of drug-likeness (QED) is 0.636. The molecule has 2 aromatic heterocycles. The van der Waals surface area contributed by atoms with E-state index < -0.39 is 0 Å². The lowest BCUT2D eigenvalue weighted by molar-refractivity contribution is 0.0949. The molecule has 2 aliphatic heterocycles. The summed E-state index contributed by atoms with van der Waals surface area (Å²) in [6, 6.07) is 9.31. The highest BCUT2D eigenvalue weighted by Gasteiger charge is 2.52. The number of carbonyl (C=O) groups excluding carboxylic acids is 1. The second-order valence-electron chi connectivity index (χ2n) is 9.67. The first-order valence-electron chi connectivity index (χ1n) is 11.4. The van der Waals surface area contributed by atoms with Crippen molar-refractivity contribution >= 4 is 49.7 Å². The molecule has 0 unspecified atom stereocenters. The van der Waals surface area contributed by atoms with Gasteiger partial charge in [-0.25, -0.2) is 4.98 Å². The van der Waals surface area contributed by atoms with Crippen molar-refractivity contribution in [2.24, 2.45) is 0 Å². The number of fused-ring (bicyclic) bond motifs is 5. The van der Waals surface area contributed by atoms with E-state index in [9.17, 15) is 4.79 Å². The maximum absolute atomic E-state index is 12.7. The van der Waals surface area contributed by atoms with Gasteiger partial charge in [-0.2, -0.15) is 0 Å². The van der Waals surface area contributed by atoms with Crippen molar-refractivity contribution in [1.29, 1.82) is 0 Å². The second-order valence-corrected chi connectivity index (χ2v) is 10.7. The van der Waals surface area contributed by atoms with Gasteiger partial charge in [0.15, 0.2) is 0 Å². The molecule has 162 valence electrons. The van der Waals surface area contributed by atoms with Gasteiger partial charge in [0.25, 0.3) is 5.91 Å². The minimum absolute atomic E-state index is 0.0178. The van der Waals surface area contributed by atoms with Crippen LogP contribution in [0.4, 0.5) is 11.5 Å². The average molecular weight is 436 g/mol. The second kappa shape index (κ2) is 6.81. The van der Waals surface area contributed by atoms with Crippen LogP contribution in [0.3, 0.4) is 0 Å². The van der Waals surface area contributed by atoms with E-state index in [4.69, 9.17) is 4.98 Å². The molecule has 1 aromatic carbocycles. The molecule has 0 radical (unpaired) electrons. The van der Waals surface area contributed by atoms with Crippen LogP contribution < -0.4 is 15.5 Å². The van der Waals surface area contributed by atoms with E-state index in [-0.39, 0.29) is 11.9 Å². The minimum Gasteiger partial charge on any atom is -0.381 e. The number of aromatic nitrogens is 1. The largest absolute Gasteiger partial charge is 0.381 e. The molecule has 6 nitrogen and oxygen atoms in total. The number of benzene rings is 1. The summed E-state index contributed by atoms with van der Waals surface area (Å²) in [4.78, 5) is 23.7. The summed E-state index contributed by atoms with van der Waals surface area (Å²) >= 11 is 1.56. The monoisotopic (exact) mass is 435 g/mol. The van der Waals surface area contributed by atoms with Gasteiger partial charge in [0.2, 0.25) is 0 Å². The summed E-state index contributed by atoms with van der Waals surface area (Å²) in [5, 5.41) is 8.83. The summed E-state index contributed by atoms with van der Waals surface area (Å²) in [6.45, 7) is 10.6. The van der Waals surface area contributed by atoms with Crippen LogP contribution in [0.1, 0.15) is 43.3 Å². The van der Waals surface area contributed by atoms with Gasteiger partial charge in [-0.3, -0.25) is 9.69 Å². The van der Waals surface area contributed by atoms with E-state index in [1.165, 1.54) is 12.8 Å². The fourth-order valence-corrected chi connectivity index (χ4v) is 6.57. The van der Waals surface area contributed by atoms with Crippen molar-refractivity contribution in [2.75, 3.05) is 36.4 Å². The van der Waals surface area contributed by atoms with E-state index in [0.717, 1.165) is 63.6 Å². The van der Waals surface area contributed by atoms with Crippen molar-refractivity contribution in [2.45, 2.75) is 51.2 Å². The van der Waals surface area contributed by atoms with E-state index >= 15 is 0 Å². The molecule has 6 rings (SSSR count). The van der Waals surface area contributed by atoms with Crippen molar-refractivity contribution < 1.29 is 4.79 Å². The van der Waals surface area contributed by atoms with E-state index in [1.54, 1.807) is 11.3 Å². The van der Waals surface area contributed by atoms with Gasteiger partial charge < -0.3 is 15.5 Å². The molecule has 1 aliphatic carbocycles. The number of nitrogens with zero attached hydrogens (tertiary/aromatic N) is 3. The summed E-state index contributed by atoms with van der Waals surface area (Å²) in [5.74, 6) is 1.09. The Bertz CT molecular complexity index is 1200. The van der Waals surface area contributed by atoms with Crippen LogP contribution in [-0.4, -0.2) is 59.6 Å². The highest BCUT2D eigenvalue weighted by Crippen LogP contribution is 2.46. The minimum atomic E-state index is 0.0178. The number of thiophene rings is 1. The van der Waals surface area contributed by atoms with Gasteiger partial charge in [-0.15, -0.1) is 11.3 Å². The molecule has 1 saturated carbocycles. The Morgan fingerprint density at radius 2 is 2.03 bits per heavy atom. The normalized spacial score (nSPS) is 23.2. The van der Waals surface area contributed by atoms with Crippen molar-refractivity contribution in [3.63, 3.8) is 0 Å². The molecule has 0 bridgehead atoms. The number of carbonyl (C=O) groups is 1. The van der Waals surface area contributed by atoms with Crippen LogP contribution in [0, 0.1) is 0 Å². The Hall–Kier alpha value is -2.38. The lowest BCUT2D eigenvalue weighted by atomic mass is 10.1. The van der Waals surface area contributed by atoms with Crippen LogP contribution in [0.2, 0.25) is 0 Å². The summed E-state index contributed by atoms with van der Waals surface area (Å²) < 4.78 is 1.13. The van der Waals surface area contributed by atoms with Gasteiger partial charge in [0.05, 0.1) is 11.2 Å². The molecule has 3 aromatic rings. The first-order chi connectivity index (χ1) is 14.9. The van der Waals surface area contributed by atoms with Crippen LogP contribution in [0.15, 0.2) is 24.3 Å². The number of piperazine rings is 1. The third-order valence-corrected chi connectivity index (χ3v) is 8.31. The molecule has 7 heteroatoms. The average Bonchev–Trinajstić information content (AvgIpc) is 3.42. The zero-order valence-corrected chi connectivity index (χ0v) is 19.2. The predicted molar refractivity (Wildman–Crippen MR) is 129 cm³/mol. The van der Waals surface area contributed by atoms with Gasteiger partial charge in [0.1, 0.15) is 10.7 Å². The summed E-state index contributed by atoms with van der Waals surface area (Å²) in [6.07, 6.45) is 2.59. The smallest absolute Gasteiger partial charge is 0.263 e. The van der Waals surface area contributed by atoms with E-state index in [0.29, 0.717) is 11.6 Å². The molecule has 4 heterocycles. The summed E-state index contributed by atoms with van der Waals surface area (Å²) in [7, 11) is 0. The molecular weight excluding hydrogens is 406 g/mol. The first-order valence-corrected chi connectivity index (χ1v) is 12.2. The van der Waals surface area contributed by atoms with Crippen LogP contribution in [-0.2, 0) is 0 Å². The van der Waals surface area contributed by atoms with Crippen LogP contribution >= 0.6 is 11.3 Å². The van der Waals surface area contributed by atoms with Crippen LogP contribution in [0.25, 0.3) is 21.0 Å². The Balaban J connectivity index is 1.39. The molecular formula is C24H29N5OS. The molecule has 2 fully saturated rings. The summed E-state index contributed by atoms with van der Waals surface area (Å²) in [5.41, 5.74) is 2.32. The first kappa shape index (κ1) is 19.3. The zero-order chi connectivity index (χ0) is 21.3. The number of nitrogens with one attached hydrogen (secondary N) is 2. The SMILES string of the molecule is CC(C)N1CCN(c2ccc3c(ccc4sc5c(c43)NC[C@@H](C)NC5=O)n2)CC12CC2. The van der Waals surface area contributed by atoms with Crippen molar-refractivity contribution in [1.82, 2.24) is 15.2 Å². The topological polar surface area (TPSA) is 60.5 Å². The zero-order valence-electron chi connectivity index (χ0n) is 18.4. The predicted octanol–water partition coefficient (Wildman–Crippen LogP) is 4.06. The standard InChI is InChI=1S/C24H29N5OS/c1-14(2)29-11-10-28(13-24(29)8-9-24)19-7-4-16-17(27-19)5-6-18-20(16)21-22(31-18)23(30)26-15(3)12-25-21/h4-7,14-15,25H,8-13H2,1-3H3,(H,26,30)/t15-/m1/s1. The number of hydrogen-bond acceptors (Lipinski definition) is 6. The molecule has 1 saturated heterocycles. The fourth-order valence-electron chi connectivity index (χ4n) is 5.47. The third-order valence-electron chi connectivity index (χ3n) is 7.16. The Morgan fingerprint density at radius 3 is 2.81 bits per heavy atom. The fraction of sp³-hybridized carbons (Fsp3) is 0.500. The lowest BCUT2D eigenvalue weighted by Gasteiger charge is -2.44. The highest BCUT2D eigenvalue weighted by molar-refractivity contribution is 7.21. The molecule has 3 aliphatic rings. The molecule has 1 spiro atoms.